The first kappa shape index (κ1) is 16.4. The third kappa shape index (κ3) is 3.10. The zero-order valence-corrected chi connectivity index (χ0v) is 14.3. The van der Waals surface area contributed by atoms with Gasteiger partial charge in [0.1, 0.15) is 17.0 Å². The van der Waals surface area contributed by atoms with E-state index in [0.717, 1.165) is 12.8 Å². The summed E-state index contributed by atoms with van der Waals surface area (Å²) in [4.78, 5) is 29.1. The Kier molecular flexibility index (Phi) is 4.02. The van der Waals surface area contributed by atoms with Gasteiger partial charge in [-0.05, 0) is 44.0 Å². The Morgan fingerprint density at radius 2 is 2.04 bits per heavy atom. The van der Waals surface area contributed by atoms with E-state index < -0.39 is 0 Å². The number of nitrogens with zero attached hydrogens (tertiary/aromatic N) is 4. The number of carbonyl (C=O) groups is 1. The number of carbonyl (C=O) groups excluding carboxylic acids is 1. The summed E-state index contributed by atoms with van der Waals surface area (Å²) >= 11 is 0. The van der Waals surface area contributed by atoms with Crippen LogP contribution in [0.5, 0.6) is 0 Å². The summed E-state index contributed by atoms with van der Waals surface area (Å²) in [5.41, 5.74) is 0.798. The maximum absolute atomic E-state index is 13.1. The molecule has 0 saturated heterocycles. The van der Waals surface area contributed by atoms with Crippen LogP contribution in [0.1, 0.15) is 25.1 Å². The maximum atomic E-state index is 13.1. The molecule has 7 nitrogen and oxygen atoms in total. The first-order valence-corrected chi connectivity index (χ1v) is 8.53. The van der Waals surface area contributed by atoms with Gasteiger partial charge in [-0.15, -0.1) is 0 Å². The van der Waals surface area contributed by atoms with Crippen LogP contribution in [-0.4, -0.2) is 31.3 Å². The molecular formula is C18H18FN5O2. The van der Waals surface area contributed by atoms with Gasteiger partial charge in [0.15, 0.2) is 5.65 Å². The zero-order valence-electron chi connectivity index (χ0n) is 14.3. The summed E-state index contributed by atoms with van der Waals surface area (Å²) in [7, 11) is 0. The van der Waals surface area contributed by atoms with Crippen molar-refractivity contribution in [1.29, 1.82) is 0 Å². The fourth-order valence-corrected chi connectivity index (χ4v) is 2.88. The topological polar surface area (TPSA) is 81.8 Å². The van der Waals surface area contributed by atoms with Crippen LogP contribution in [-0.2, 0) is 11.3 Å². The normalized spacial score (nSPS) is 13.9. The molecule has 1 aliphatic rings. The van der Waals surface area contributed by atoms with E-state index in [1.54, 1.807) is 19.1 Å². The standard InChI is InChI=1S/C18H18FN5O2/c1-11-21-17-15(10-20-24(17)14-6-2-12(19)3-7-14)18(26)23(11)9-8-16(25)22-13-4-5-13/h2-3,6-7,10,13H,4-5,8-9H2,1H3,(H,22,25). The molecule has 1 saturated carbocycles. The Morgan fingerprint density at radius 1 is 1.31 bits per heavy atom. The van der Waals surface area contributed by atoms with Crippen LogP contribution >= 0.6 is 0 Å². The molecule has 0 unspecified atom stereocenters. The molecule has 2 aromatic heterocycles. The molecule has 134 valence electrons. The second-order valence-electron chi connectivity index (χ2n) is 6.48. The van der Waals surface area contributed by atoms with Gasteiger partial charge >= 0.3 is 0 Å². The second-order valence-corrected chi connectivity index (χ2v) is 6.48. The molecule has 2 heterocycles. The molecule has 4 rings (SSSR count). The highest BCUT2D eigenvalue weighted by atomic mass is 19.1. The van der Waals surface area contributed by atoms with Gasteiger partial charge in [0.25, 0.3) is 5.56 Å². The molecule has 0 aliphatic heterocycles. The summed E-state index contributed by atoms with van der Waals surface area (Å²) in [6.45, 7) is 2.00. The lowest BCUT2D eigenvalue weighted by atomic mass is 10.3. The Morgan fingerprint density at radius 3 is 2.73 bits per heavy atom. The van der Waals surface area contributed by atoms with Crippen LogP contribution in [0.25, 0.3) is 16.7 Å². The van der Waals surface area contributed by atoms with Crippen molar-refractivity contribution in [2.75, 3.05) is 0 Å². The Bertz CT molecular complexity index is 1030. The predicted molar refractivity (Wildman–Crippen MR) is 93.6 cm³/mol. The summed E-state index contributed by atoms with van der Waals surface area (Å²) in [6.07, 6.45) is 3.74. The summed E-state index contributed by atoms with van der Waals surface area (Å²) < 4.78 is 16.1. The second kappa shape index (κ2) is 6.36. The third-order valence-electron chi connectivity index (χ3n) is 4.45. The number of halogens is 1. The Hall–Kier alpha value is -3.03. The van der Waals surface area contributed by atoms with Gasteiger partial charge in [-0.3, -0.25) is 14.2 Å². The number of fused-ring (bicyclic) bond motifs is 1. The highest BCUT2D eigenvalue weighted by molar-refractivity contribution is 5.77. The molecule has 1 fully saturated rings. The zero-order chi connectivity index (χ0) is 18.3. The highest BCUT2D eigenvalue weighted by Crippen LogP contribution is 2.19. The summed E-state index contributed by atoms with van der Waals surface area (Å²) in [5, 5.41) is 7.49. The minimum Gasteiger partial charge on any atom is -0.353 e. The van der Waals surface area contributed by atoms with Crippen molar-refractivity contribution in [3.8, 4) is 5.69 Å². The van der Waals surface area contributed by atoms with E-state index in [0.29, 0.717) is 28.6 Å². The molecule has 1 aromatic carbocycles. The van der Waals surface area contributed by atoms with E-state index in [4.69, 9.17) is 0 Å². The quantitative estimate of drug-likeness (QED) is 0.755. The van der Waals surface area contributed by atoms with Gasteiger partial charge in [-0.25, -0.2) is 14.1 Å². The van der Waals surface area contributed by atoms with Crippen LogP contribution in [0.4, 0.5) is 4.39 Å². The first-order valence-electron chi connectivity index (χ1n) is 8.53. The maximum Gasteiger partial charge on any atom is 0.264 e. The average Bonchev–Trinajstić information content (AvgIpc) is 3.32. The first-order chi connectivity index (χ1) is 12.5. The van der Waals surface area contributed by atoms with Crippen LogP contribution in [0, 0.1) is 12.7 Å². The van der Waals surface area contributed by atoms with Gasteiger partial charge in [-0.1, -0.05) is 0 Å². The van der Waals surface area contributed by atoms with Crippen LogP contribution in [0.3, 0.4) is 0 Å². The van der Waals surface area contributed by atoms with E-state index >= 15 is 0 Å². The van der Waals surface area contributed by atoms with Gasteiger partial charge in [0.2, 0.25) is 5.91 Å². The molecule has 1 aliphatic carbocycles. The van der Waals surface area contributed by atoms with Gasteiger partial charge in [0, 0.05) is 19.0 Å². The van der Waals surface area contributed by atoms with Crippen molar-refractivity contribution in [2.45, 2.75) is 38.8 Å². The lowest BCUT2D eigenvalue weighted by Crippen LogP contribution is -2.30. The number of aromatic nitrogens is 4. The van der Waals surface area contributed by atoms with Gasteiger partial charge in [0.05, 0.1) is 11.9 Å². The van der Waals surface area contributed by atoms with Crippen LogP contribution in [0.15, 0.2) is 35.3 Å². The lowest BCUT2D eigenvalue weighted by Gasteiger charge is -2.10. The van der Waals surface area contributed by atoms with Crippen molar-refractivity contribution in [2.24, 2.45) is 0 Å². The fourth-order valence-electron chi connectivity index (χ4n) is 2.88. The van der Waals surface area contributed by atoms with Crippen LogP contribution < -0.4 is 10.9 Å². The molecule has 26 heavy (non-hydrogen) atoms. The summed E-state index contributed by atoms with van der Waals surface area (Å²) in [6, 6.07) is 6.11. The Balaban J connectivity index is 1.65. The van der Waals surface area contributed by atoms with E-state index in [2.05, 4.69) is 15.4 Å². The molecule has 8 heteroatoms. The highest BCUT2D eigenvalue weighted by Gasteiger charge is 2.23. The molecular weight excluding hydrogens is 337 g/mol. The number of amides is 1. The molecule has 3 aromatic rings. The van der Waals surface area contributed by atoms with E-state index in [-0.39, 0.29) is 30.2 Å². The van der Waals surface area contributed by atoms with Crippen molar-refractivity contribution < 1.29 is 9.18 Å². The SMILES string of the molecule is Cc1nc2c(cnn2-c2ccc(F)cc2)c(=O)n1CCC(=O)NC1CC1. The number of hydrogen-bond donors (Lipinski definition) is 1. The van der Waals surface area contributed by atoms with Gasteiger partial charge in [-0.2, -0.15) is 5.10 Å². The molecule has 0 bridgehead atoms. The van der Waals surface area contributed by atoms with Gasteiger partial charge < -0.3 is 5.32 Å². The monoisotopic (exact) mass is 355 g/mol. The molecule has 1 N–H and O–H groups in total. The predicted octanol–water partition coefficient (Wildman–Crippen LogP) is 1.70. The number of benzene rings is 1. The molecule has 0 spiro atoms. The van der Waals surface area contributed by atoms with Crippen molar-refractivity contribution >= 4 is 16.9 Å². The lowest BCUT2D eigenvalue weighted by molar-refractivity contribution is -0.121. The Labute approximate surface area is 148 Å². The minimum absolute atomic E-state index is 0.0547. The largest absolute Gasteiger partial charge is 0.353 e. The van der Waals surface area contributed by atoms with E-state index in [1.807, 2.05) is 0 Å². The minimum atomic E-state index is -0.346. The number of nitrogens with one attached hydrogen (secondary N) is 1. The number of aryl methyl sites for hydroxylation is 1. The molecule has 0 radical (unpaired) electrons. The fraction of sp³-hybridized carbons (Fsp3) is 0.333. The number of rotatable bonds is 5. The van der Waals surface area contributed by atoms with Crippen LogP contribution in [0.2, 0.25) is 0 Å². The van der Waals surface area contributed by atoms with E-state index in [9.17, 15) is 14.0 Å². The third-order valence-corrected chi connectivity index (χ3v) is 4.45. The van der Waals surface area contributed by atoms with Crippen molar-refractivity contribution in [3.63, 3.8) is 0 Å². The summed E-state index contributed by atoms with van der Waals surface area (Å²) in [5.74, 6) is 0.104. The van der Waals surface area contributed by atoms with E-state index in [1.165, 1.54) is 27.6 Å². The van der Waals surface area contributed by atoms with Crippen molar-refractivity contribution in [3.05, 3.63) is 52.5 Å². The number of hydrogen-bond acceptors (Lipinski definition) is 4. The smallest absolute Gasteiger partial charge is 0.264 e. The average molecular weight is 355 g/mol. The van der Waals surface area contributed by atoms with Crippen molar-refractivity contribution in [1.82, 2.24) is 24.6 Å². The molecule has 1 amide bonds. The molecule has 0 atom stereocenters.